The van der Waals surface area contributed by atoms with Gasteiger partial charge in [-0.3, -0.25) is 0 Å². The first kappa shape index (κ1) is 14.3. The molecule has 0 fully saturated rings. The van der Waals surface area contributed by atoms with Crippen molar-refractivity contribution in [2.75, 3.05) is 10.6 Å². The molecule has 2 amide bonds. The van der Waals surface area contributed by atoms with Gasteiger partial charge in [-0.25, -0.2) is 9.59 Å². The van der Waals surface area contributed by atoms with Gasteiger partial charge in [-0.1, -0.05) is 30.3 Å². The van der Waals surface area contributed by atoms with E-state index in [1.165, 1.54) is 6.08 Å². The van der Waals surface area contributed by atoms with Gasteiger partial charge in [0, 0.05) is 17.5 Å². The number of aliphatic carboxylic acids is 1. The van der Waals surface area contributed by atoms with Crippen molar-refractivity contribution in [2.24, 2.45) is 0 Å². The molecule has 0 heterocycles. The van der Waals surface area contributed by atoms with Gasteiger partial charge in [0.25, 0.3) is 0 Å². The number of hydrogen-bond acceptors (Lipinski definition) is 2. The average Bonchev–Trinajstić information content (AvgIpc) is 2.46. The van der Waals surface area contributed by atoms with E-state index >= 15 is 0 Å². The number of nitrogens with one attached hydrogen (secondary N) is 2. The predicted octanol–water partition coefficient (Wildman–Crippen LogP) is 3.43. The zero-order valence-electron chi connectivity index (χ0n) is 11.1. The smallest absolute Gasteiger partial charge is 0.328 e. The molecule has 3 N–H and O–H groups in total. The Morgan fingerprint density at radius 2 is 1.57 bits per heavy atom. The first-order valence-corrected chi connectivity index (χ1v) is 6.27. The van der Waals surface area contributed by atoms with Crippen molar-refractivity contribution in [3.8, 4) is 0 Å². The molecule has 2 aromatic rings. The summed E-state index contributed by atoms with van der Waals surface area (Å²) in [5.74, 6) is -1.02. The molecule has 5 nitrogen and oxygen atoms in total. The SMILES string of the molecule is O=C(O)C=Cc1cccc(NC(=O)Nc2ccccc2)c1. The summed E-state index contributed by atoms with van der Waals surface area (Å²) in [5.41, 5.74) is 1.96. The molecule has 0 spiro atoms. The normalized spacial score (nSPS) is 10.3. The van der Waals surface area contributed by atoms with E-state index in [2.05, 4.69) is 10.6 Å². The van der Waals surface area contributed by atoms with E-state index < -0.39 is 5.97 Å². The van der Waals surface area contributed by atoms with E-state index in [1.54, 1.807) is 36.4 Å². The maximum atomic E-state index is 11.8. The van der Waals surface area contributed by atoms with Crippen LogP contribution in [0.2, 0.25) is 0 Å². The van der Waals surface area contributed by atoms with E-state index in [4.69, 9.17) is 5.11 Å². The second-order valence-corrected chi connectivity index (χ2v) is 4.24. The Morgan fingerprint density at radius 1 is 0.905 bits per heavy atom. The number of hydrogen-bond donors (Lipinski definition) is 3. The number of carboxylic acid groups (broad SMARTS) is 1. The molecule has 0 saturated heterocycles. The zero-order chi connectivity index (χ0) is 15.1. The summed E-state index contributed by atoms with van der Waals surface area (Å²) < 4.78 is 0. The first-order chi connectivity index (χ1) is 10.1. The van der Waals surface area contributed by atoms with E-state index in [-0.39, 0.29) is 6.03 Å². The summed E-state index contributed by atoms with van der Waals surface area (Å²) in [5, 5.41) is 14.0. The van der Waals surface area contributed by atoms with Crippen molar-refractivity contribution in [1.29, 1.82) is 0 Å². The molecule has 0 aliphatic rings. The number of anilines is 2. The van der Waals surface area contributed by atoms with Crippen molar-refractivity contribution >= 4 is 29.5 Å². The van der Waals surface area contributed by atoms with E-state index in [0.29, 0.717) is 16.9 Å². The summed E-state index contributed by atoms with van der Waals surface area (Å²) in [6.07, 6.45) is 2.51. The lowest BCUT2D eigenvalue weighted by Crippen LogP contribution is -2.19. The molecule has 0 aromatic heterocycles. The van der Waals surface area contributed by atoms with Crippen molar-refractivity contribution < 1.29 is 14.7 Å². The highest BCUT2D eigenvalue weighted by molar-refractivity contribution is 5.99. The van der Waals surface area contributed by atoms with Gasteiger partial charge in [0.1, 0.15) is 0 Å². The largest absolute Gasteiger partial charge is 0.478 e. The number of rotatable bonds is 4. The average molecular weight is 282 g/mol. The Hall–Kier alpha value is -3.08. The van der Waals surface area contributed by atoms with Crippen molar-refractivity contribution in [3.05, 3.63) is 66.2 Å². The minimum atomic E-state index is -1.02. The molecule has 0 radical (unpaired) electrons. The fraction of sp³-hybridized carbons (Fsp3) is 0. The molecular formula is C16H14N2O3. The topological polar surface area (TPSA) is 78.4 Å². The van der Waals surface area contributed by atoms with Crippen LogP contribution in [0, 0.1) is 0 Å². The van der Waals surface area contributed by atoms with Gasteiger partial charge in [-0.05, 0) is 35.9 Å². The first-order valence-electron chi connectivity index (χ1n) is 6.27. The number of carbonyl (C=O) groups excluding carboxylic acids is 1. The van der Waals surface area contributed by atoms with E-state index in [1.807, 2.05) is 18.2 Å². The highest BCUT2D eigenvalue weighted by Crippen LogP contribution is 2.13. The van der Waals surface area contributed by atoms with Crippen molar-refractivity contribution in [3.63, 3.8) is 0 Å². The van der Waals surface area contributed by atoms with Crippen LogP contribution in [0.25, 0.3) is 6.08 Å². The standard InChI is InChI=1S/C16H14N2O3/c19-15(20)10-9-12-5-4-8-14(11-12)18-16(21)17-13-6-2-1-3-7-13/h1-11H,(H,19,20)(H2,17,18,21). The molecule has 0 aliphatic carbocycles. The lowest BCUT2D eigenvalue weighted by molar-refractivity contribution is -0.131. The van der Waals surface area contributed by atoms with Gasteiger partial charge >= 0.3 is 12.0 Å². The number of para-hydroxylation sites is 1. The summed E-state index contributed by atoms with van der Waals surface area (Å²) >= 11 is 0. The van der Waals surface area contributed by atoms with Crippen LogP contribution < -0.4 is 10.6 Å². The molecule has 0 saturated carbocycles. The van der Waals surface area contributed by atoms with Crippen LogP contribution in [-0.2, 0) is 4.79 Å². The molecule has 0 atom stereocenters. The van der Waals surface area contributed by atoms with Crippen LogP contribution in [0.5, 0.6) is 0 Å². The second kappa shape index (κ2) is 6.91. The summed E-state index contributed by atoms with van der Waals surface area (Å²) in [4.78, 5) is 22.3. The Labute approximate surface area is 121 Å². The zero-order valence-corrected chi connectivity index (χ0v) is 11.1. The molecule has 0 bridgehead atoms. The van der Waals surface area contributed by atoms with Gasteiger partial charge in [0.05, 0.1) is 0 Å². The molecule has 106 valence electrons. The van der Waals surface area contributed by atoms with Gasteiger partial charge in [0.2, 0.25) is 0 Å². The quantitative estimate of drug-likeness (QED) is 0.752. The number of amides is 2. The molecular weight excluding hydrogens is 268 g/mol. The summed E-state index contributed by atoms with van der Waals surface area (Å²) in [6.45, 7) is 0. The number of benzene rings is 2. The third-order valence-corrected chi connectivity index (χ3v) is 2.59. The van der Waals surface area contributed by atoms with Crippen LogP contribution in [0.15, 0.2) is 60.7 Å². The third-order valence-electron chi connectivity index (χ3n) is 2.59. The molecule has 0 aliphatic heterocycles. The van der Waals surface area contributed by atoms with E-state index in [9.17, 15) is 9.59 Å². The molecule has 2 rings (SSSR count). The van der Waals surface area contributed by atoms with Crippen LogP contribution in [0.3, 0.4) is 0 Å². The monoisotopic (exact) mass is 282 g/mol. The van der Waals surface area contributed by atoms with Gasteiger partial charge in [-0.15, -0.1) is 0 Å². The lowest BCUT2D eigenvalue weighted by atomic mass is 10.2. The van der Waals surface area contributed by atoms with Gasteiger partial charge in [0.15, 0.2) is 0 Å². The molecule has 0 unspecified atom stereocenters. The Morgan fingerprint density at radius 3 is 2.29 bits per heavy atom. The summed E-state index contributed by atoms with van der Waals surface area (Å²) in [6, 6.07) is 15.6. The maximum absolute atomic E-state index is 11.8. The fourth-order valence-electron chi connectivity index (χ4n) is 1.70. The molecule has 2 aromatic carbocycles. The van der Waals surface area contributed by atoms with Crippen LogP contribution in [0.1, 0.15) is 5.56 Å². The predicted molar refractivity (Wildman–Crippen MR) is 82.2 cm³/mol. The highest BCUT2D eigenvalue weighted by atomic mass is 16.4. The second-order valence-electron chi connectivity index (χ2n) is 4.24. The van der Waals surface area contributed by atoms with Crippen molar-refractivity contribution in [1.82, 2.24) is 0 Å². The molecule has 21 heavy (non-hydrogen) atoms. The Bertz CT molecular complexity index is 666. The molecule has 5 heteroatoms. The van der Waals surface area contributed by atoms with Crippen LogP contribution >= 0.6 is 0 Å². The summed E-state index contributed by atoms with van der Waals surface area (Å²) in [7, 11) is 0. The van der Waals surface area contributed by atoms with Crippen LogP contribution in [0.4, 0.5) is 16.2 Å². The Kier molecular flexibility index (Phi) is 4.71. The highest BCUT2D eigenvalue weighted by Gasteiger charge is 2.02. The number of carboxylic acids is 1. The lowest BCUT2D eigenvalue weighted by Gasteiger charge is -2.08. The van der Waals surface area contributed by atoms with Gasteiger partial charge in [-0.2, -0.15) is 0 Å². The Balaban J connectivity index is 2.01. The van der Waals surface area contributed by atoms with E-state index in [0.717, 1.165) is 6.08 Å². The minimum absolute atomic E-state index is 0.361. The van der Waals surface area contributed by atoms with Crippen molar-refractivity contribution in [2.45, 2.75) is 0 Å². The fourth-order valence-corrected chi connectivity index (χ4v) is 1.70. The third kappa shape index (κ3) is 4.83. The minimum Gasteiger partial charge on any atom is -0.478 e. The van der Waals surface area contributed by atoms with Gasteiger partial charge < -0.3 is 15.7 Å². The van der Waals surface area contributed by atoms with Crippen LogP contribution in [-0.4, -0.2) is 17.1 Å². The number of urea groups is 1. The number of carbonyl (C=O) groups is 2. The maximum Gasteiger partial charge on any atom is 0.328 e.